The first-order chi connectivity index (χ1) is 8.80. The summed E-state index contributed by atoms with van der Waals surface area (Å²) in [6.45, 7) is 1.35. The topological polar surface area (TPSA) is 55.1 Å². The zero-order valence-electron chi connectivity index (χ0n) is 11.0. The maximum absolute atomic E-state index is 12.8. The van der Waals surface area contributed by atoms with Gasteiger partial charge in [0.1, 0.15) is 6.04 Å². The molecule has 1 rings (SSSR count). The molecule has 0 saturated heterocycles. The highest BCUT2D eigenvalue weighted by molar-refractivity contribution is 5.85. The third kappa shape index (κ3) is 6.25. The maximum Gasteiger partial charge on any atom is 0.408 e. The van der Waals surface area contributed by atoms with Crippen LogP contribution in [0.4, 0.5) is 13.2 Å². The second-order valence-corrected chi connectivity index (χ2v) is 4.42. The molecule has 1 amide bonds. The number of aryl methyl sites for hydroxylation is 1. The minimum atomic E-state index is -4.47. The first kappa shape index (κ1) is 18.7. The highest BCUT2D eigenvalue weighted by Gasteiger charge is 2.40. The van der Waals surface area contributed by atoms with E-state index in [1.807, 2.05) is 5.32 Å². The molecule has 0 fully saturated rings. The molecule has 0 aliphatic carbocycles. The average molecular weight is 311 g/mol. The van der Waals surface area contributed by atoms with Crippen LogP contribution < -0.4 is 11.1 Å². The number of carbonyl (C=O) groups excluding carboxylic acids is 1. The van der Waals surface area contributed by atoms with Crippen molar-refractivity contribution in [3.8, 4) is 0 Å². The van der Waals surface area contributed by atoms with Gasteiger partial charge in [-0.05, 0) is 25.3 Å². The van der Waals surface area contributed by atoms with E-state index in [0.29, 0.717) is 0 Å². The van der Waals surface area contributed by atoms with E-state index in [9.17, 15) is 18.0 Å². The number of nitrogens with two attached hydrogens (primary N) is 1. The van der Waals surface area contributed by atoms with E-state index < -0.39 is 24.2 Å². The van der Waals surface area contributed by atoms with E-state index in [0.717, 1.165) is 5.56 Å². The fraction of sp³-hybridized carbons (Fsp3) is 0.462. The van der Waals surface area contributed by atoms with Gasteiger partial charge >= 0.3 is 6.18 Å². The van der Waals surface area contributed by atoms with Crippen LogP contribution in [-0.4, -0.2) is 24.2 Å². The Balaban J connectivity index is 0.00000361. The molecular formula is C13H18ClF3N2O. The Hall–Kier alpha value is -1.27. The molecule has 20 heavy (non-hydrogen) atoms. The van der Waals surface area contributed by atoms with Crippen LogP contribution in [0, 0.1) is 0 Å². The Morgan fingerprint density at radius 2 is 1.85 bits per heavy atom. The summed E-state index contributed by atoms with van der Waals surface area (Å²) in [6.07, 6.45) is -4.43. The van der Waals surface area contributed by atoms with E-state index >= 15 is 0 Å². The Kier molecular flexibility index (Phi) is 7.60. The summed E-state index contributed by atoms with van der Waals surface area (Å²) in [7, 11) is 0. The van der Waals surface area contributed by atoms with Gasteiger partial charge < -0.3 is 11.1 Å². The summed E-state index contributed by atoms with van der Waals surface area (Å²) in [4.78, 5) is 11.3. The molecule has 0 spiro atoms. The predicted molar refractivity (Wildman–Crippen MR) is 73.6 cm³/mol. The molecule has 7 heteroatoms. The van der Waals surface area contributed by atoms with E-state index in [1.54, 1.807) is 30.3 Å². The van der Waals surface area contributed by atoms with Gasteiger partial charge in [0.05, 0.1) is 6.04 Å². The third-order valence-corrected chi connectivity index (χ3v) is 2.69. The Labute approximate surface area is 122 Å². The van der Waals surface area contributed by atoms with Crippen molar-refractivity contribution in [2.45, 2.75) is 38.0 Å². The minimum Gasteiger partial charge on any atom is -0.343 e. The molecule has 0 saturated carbocycles. The van der Waals surface area contributed by atoms with Gasteiger partial charge in [-0.15, -0.1) is 12.4 Å². The van der Waals surface area contributed by atoms with Crippen LogP contribution in [0.5, 0.6) is 0 Å². The van der Waals surface area contributed by atoms with Gasteiger partial charge in [0.25, 0.3) is 0 Å². The van der Waals surface area contributed by atoms with Gasteiger partial charge in [-0.3, -0.25) is 4.79 Å². The standard InChI is InChI=1S/C13H17F3N2O.ClH/c1-9(17)12(19)18-11(13(14,15)16)8-7-10-5-3-2-4-6-10;/h2-6,9,11H,7-8,17H2,1H3,(H,18,19);1H. The number of carbonyl (C=O) groups is 1. The molecule has 1 aromatic carbocycles. The molecule has 0 aromatic heterocycles. The Bertz CT molecular complexity index is 410. The van der Waals surface area contributed by atoms with Gasteiger partial charge in [-0.1, -0.05) is 30.3 Å². The summed E-state index contributed by atoms with van der Waals surface area (Å²) in [6, 6.07) is 5.99. The number of hydrogen-bond acceptors (Lipinski definition) is 2. The molecule has 0 aliphatic rings. The summed E-state index contributed by atoms with van der Waals surface area (Å²) >= 11 is 0. The third-order valence-electron chi connectivity index (χ3n) is 2.69. The van der Waals surface area contributed by atoms with Crippen LogP contribution in [-0.2, 0) is 11.2 Å². The molecule has 114 valence electrons. The second kappa shape index (κ2) is 8.11. The van der Waals surface area contributed by atoms with Gasteiger partial charge in [-0.2, -0.15) is 13.2 Å². The van der Waals surface area contributed by atoms with Crippen molar-refractivity contribution in [3.63, 3.8) is 0 Å². The maximum atomic E-state index is 12.8. The van der Waals surface area contributed by atoms with E-state index in [2.05, 4.69) is 0 Å². The smallest absolute Gasteiger partial charge is 0.343 e. The van der Waals surface area contributed by atoms with E-state index in [4.69, 9.17) is 5.73 Å². The van der Waals surface area contributed by atoms with Gasteiger partial charge in [0.15, 0.2) is 0 Å². The number of benzene rings is 1. The van der Waals surface area contributed by atoms with Crippen LogP contribution in [0.2, 0.25) is 0 Å². The van der Waals surface area contributed by atoms with Gasteiger partial charge in [0.2, 0.25) is 5.91 Å². The lowest BCUT2D eigenvalue weighted by molar-refractivity contribution is -0.163. The monoisotopic (exact) mass is 310 g/mol. The van der Waals surface area contributed by atoms with Crippen molar-refractivity contribution in [1.82, 2.24) is 5.32 Å². The molecule has 3 nitrogen and oxygen atoms in total. The molecule has 3 N–H and O–H groups in total. The number of rotatable bonds is 5. The quantitative estimate of drug-likeness (QED) is 0.877. The number of nitrogens with one attached hydrogen (secondary N) is 1. The normalized spacial score (nSPS) is 14.1. The summed E-state index contributed by atoms with van der Waals surface area (Å²) in [5.41, 5.74) is 6.05. The van der Waals surface area contributed by atoms with Crippen LogP contribution in [0.15, 0.2) is 30.3 Å². The molecule has 0 radical (unpaired) electrons. The van der Waals surface area contributed by atoms with Crippen molar-refractivity contribution in [1.29, 1.82) is 0 Å². The van der Waals surface area contributed by atoms with Crippen LogP contribution in [0.1, 0.15) is 18.9 Å². The van der Waals surface area contributed by atoms with Crippen molar-refractivity contribution < 1.29 is 18.0 Å². The van der Waals surface area contributed by atoms with Crippen LogP contribution in [0.25, 0.3) is 0 Å². The van der Waals surface area contributed by atoms with E-state index in [1.165, 1.54) is 6.92 Å². The van der Waals surface area contributed by atoms with Crippen LogP contribution in [0.3, 0.4) is 0 Å². The zero-order valence-corrected chi connectivity index (χ0v) is 11.8. The molecule has 2 unspecified atom stereocenters. The number of amides is 1. The lowest BCUT2D eigenvalue weighted by atomic mass is 10.0. The van der Waals surface area contributed by atoms with Crippen molar-refractivity contribution in [2.75, 3.05) is 0 Å². The summed E-state index contributed by atoms with van der Waals surface area (Å²) < 4.78 is 38.4. The SMILES string of the molecule is CC(N)C(=O)NC(CCc1ccccc1)C(F)(F)F.Cl. The molecule has 2 atom stereocenters. The second-order valence-electron chi connectivity index (χ2n) is 4.42. The first-order valence-electron chi connectivity index (χ1n) is 5.97. The molecule has 0 bridgehead atoms. The van der Waals surface area contributed by atoms with E-state index in [-0.39, 0.29) is 25.2 Å². The number of alkyl halides is 3. The highest BCUT2D eigenvalue weighted by Crippen LogP contribution is 2.23. The molecular weight excluding hydrogens is 293 g/mol. The molecule has 1 aromatic rings. The Morgan fingerprint density at radius 1 is 1.30 bits per heavy atom. The average Bonchev–Trinajstić information content (AvgIpc) is 2.33. The largest absolute Gasteiger partial charge is 0.408 e. The number of hydrogen-bond donors (Lipinski definition) is 2. The van der Waals surface area contributed by atoms with Crippen molar-refractivity contribution >= 4 is 18.3 Å². The highest BCUT2D eigenvalue weighted by atomic mass is 35.5. The first-order valence-corrected chi connectivity index (χ1v) is 5.97. The van der Waals surface area contributed by atoms with Gasteiger partial charge in [-0.25, -0.2) is 0 Å². The van der Waals surface area contributed by atoms with Crippen LogP contribution >= 0.6 is 12.4 Å². The zero-order chi connectivity index (χ0) is 14.5. The summed E-state index contributed by atoms with van der Waals surface area (Å²) in [5.74, 6) is -0.796. The fourth-order valence-corrected chi connectivity index (χ4v) is 1.58. The molecule has 0 aliphatic heterocycles. The predicted octanol–water partition coefficient (Wildman–Crippen LogP) is 2.44. The summed E-state index contributed by atoms with van der Waals surface area (Å²) in [5, 5.41) is 1.94. The van der Waals surface area contributed by atoms with Crippen molar-refractivity contribution in [3.05, 3.63) is 35.9 Å². The fourth-order valence-electron chi connectivity index (χ4n) is 1.58. The van der Waals surface area contributed by atoms with Gasteiger partial charge in [0, 0.05) is 0 Å². The lowest BCUT2D eigenvalue weighted by Gasteiger charge is -2.22. The minimum absolute atomic E-state index is 0. The number of halogens is 4. The Morgan fingerprint density at radius 3 is 2.30 bits per heavy atom. The lowest BCUT2D eigenvalue weighted by Crippen LogP contribution is -2.50. The van der Waals surface area contributed by atoms with Crippen molar-refractivity contribution in [2.24, 2.45) is 5.73 Å². The molecule has 0 heterocycles.